The third kappa shape index (κ3) is 5.76. The summed E-state index contributed by atoms with van der Waals surface area (Å²) >= 11 is 11.2. The first-order valence-electron chi connectivity index (χ1n) is 8.75. The standard InChI is InChI=1S/C21H16ClN3O4S/c22-18-10-9-16(25(27)28)12-19(18)23-21(30)24-20(26)15-7-4-8-17(11-15)29-13-14-5-2-1-3-6-14/h1-12H,13H2,(H2,23,24,26,30). The van der Waals surface area contributed by atoms with Gasteiger partial charge in [0.15, 0.2) is 5.11 Å². The molecule has 0 spiro atoms. The Morgan fingerprint density at radius 1 is 1.07 bits per heavy atom. The van der Waals surface area contributed by atoms with E-state index in [1.165, 1.54) is 18.2 Å². The minimum Gasteiger partial charge on any atom is -0.489 e. The number of hydrogen-bond acceptors (Lipinski definition) is 5. The summed E-state index contributed by atoms with van der Waals surface area (Å²) in [6, 6.07) is 20.2. The number of benzene rings is 3. The largest absolute Gasteiger partial charge is 0.489 e. The minimum atomic E-state index is -0.552. The Labute approximate surface area is 182 Å². The highest BCUT2D eigenvalue weighted by atomic mass is 35.5. The lowest BCUT2D eigenvalue weighted by Crippen LogP contribution is -2.34. The number of amides is 1. The van der Waals surface area contributed by atoms with Crippen molar-refractivity contribution in [2.24, 2.45) is 0 Å². The average molecular weight is 442 g/mol. The Hall–Kier alpha value is -3.49. The second kappa shape index (κ2) is 9.82. The van der Waals surface area contributed by atoms with Gasteiger partial charge in [-0.25, -0.2) is 0 Å². The normalized spacial score (nSPS) is 10.2. The van der Waals surface area contributed by atoms with Crippen LogP contribution in [0.5, 0.6) is 5.75 Å². The highest BCUT2D eigenvalue weighted by molar-refractivity contribution is 7.80. The molecule has 0 aliphatic heterocycles. The van der Waals surface area contributed by atoms with Crippen LogP contribution < -0.4 is 15.4 Å². The van der Waals surface area contributed by atoms with Gasteiger partial charge in [-0.15, -0.1) is 0 Å². The van der Waals surface area contributed by atoms with Crippen molar-refractivity contribution in [1.29, 1.82) is 0 Å². The number of anilines is 1. The van der Waals surface area contributed by atoms with Gasteiger partial charge in [0, 0.05) is 17.7 Å². The maximum atomic E-state index is 12.5. The lowest BCUT2D eigenvalue weighted by Gasteiger charge is -2.12. The van der Waals surface area contributed by atoms with Crippen molar-refractivity contribution in [3.63, 3.8) is 0 Å². The van der Waals surface area contributed by atoms with Gasteiger partial charge in [0.2, 0.25) is 0 Å². The molecule has 30 heavy (non-hydrogen) atoms. The van der Waals surface area contributed by atoms with E-state index in [9.17, 15) is 14.9 Å². The molecule has 0 saturated carbocycles. The average Bonchev–Trinajstić information content (AvgIpc) is 2.74. The first-order chi connectivity index (χ1) is 14.4. The van der Waals surface area contributed by atoms with Crippen LogP contribution in [0.1, 0.15) is 15.9 Å². The molecule has 1 amide bonds. The number of nitrogens with one attached hydrogen (secondary N) is 2. The van der Waals surface area contributed by atoms with Crippen LogP contribution in [0.3, 0.4) is 0 Å². The molecule has 152 valence electrons. The summed E-state index contributed by atoms with van der Waals surface area (Å²) in [5.41, 5.74) is 1.41. The van der Waals surface area contributed by atoms with Gasteiger partial charge in [-0.05, 0) is 42.0 Å². The fourth-order valence-corrected chi connectivity index (χ4v) is 2.89. The van der Waals surface area contributed by atoms with Crippen molar-refractivity contribution < 1.29 is 14.5 Å². The molecule has 2 N–H and O–H groups in total. The predicted molar refractivity (Wildman–Crippen MR) is 119 cm³/mol. The number of ether oxygens (including phenoxy) is 1. The van der Waals surface area contributed by atoms with E-state index in [4.69, 9.17) is 28.6 Å². The number of carbonyl (C=O) groups excluding carboxylic acids is 1. The number of carbonyl (C=O) groups is 1. The SMILES string of the molecule is O=C(NC(=S)Nc1cc([N+](=O)[O-])ccc1Cl)c1cccc(OCc2ccccc2)c1. The van der Waals surface area contributed by atoms with Crippen LogP contribution >= 0.6 is 23.8 Å². The van der Waals surface area contributed by atoms with Gasteiger partial charge < -0.3 is 10.1 Å². The molecule has 0 aliphatic rings. The number of nitro groups is 1. The van der Waals surface area contributed by atoms with Crippen molar-refractivity contribution in [1.82, 2.24) is 5.32 Å². The van der Waals surface area contributed by atoms with E-state index in [0.717, 1.165) is 5.56 Å². The summed E-state index contributed by atoms with van der Waals surface area (Å²) in [6.07, 6.45) is 0. The maximum Gasteiger partial charge on any atom is 0.271 e. The van der Waals surface area contributed by atoms with Gasteiger partial charge in [0.05, 0.1) is 15.6 Å². The second-order valence-electron chi connectivity index (χ2n) is 6.13. The van der Waals surface area contributed by atoms with Crippen LogP contribution in [0, 0.1) is 10.1 Å². The summed E-state index contributed by atoms with van der Waals surface area (Å²) in [5, 5.41) is 16.3. The van der Waals surface area contributed by atoms with Crippen LogP contribution in [-0.2, 0) is 6.61 Å². The molecule has 3 aromatic carbocycles. The smallest absolute Gasteiger partial charge is 0.271 e. The molecule has 0 radical (unpaired) electrons. The zero-order valence-corrected chi connectivity index (χ0v) is 17.1. The lowest BCUT2D eigenvalue weighted by atomic mass is 10.2. The molecule has 0 atom stereocenters. The number of hydrogen-bond donors (Lipinski definition) is 2. The van der Waals surface area contributed by atoms with Crippen LogP contribution in [0.25, 0.3) is 0 Å². The molecule has 0 fully saturated rings. The van der Waals surface area contributed by atoms with E-state index in [1.807, 2.05) is 30.3 Å². The first kappa shape index (κ1) is 21.2. The maximum absolute atomic E-state index is 12.5. The van der Waals surface area contributed by atoms with Gasteiger partial charge in [-0.1, -0.05) is 48.0 Å². The van der Waals surface area contributed by atoms with Crippen LogP contribution in [-0.4, -0.2) is 15.9 Å². The summed E-state index contributed by atoms with van der Waals surface area (Å²) in [5.74, 6) is 0.0753. The molecule has 0 aliphatic carbocycles. The summed E-state index contributed by atoms with van der Waals surface area (Å²) < 4.78 is 5.73. The number of nitro benzene ring substituents is 1. The topological polar surface area (TPSA) is 93.5 Å². The van der Waals surface area contributed by atoms with Gasteiger partial charge >= 0.3 is 0 Å². The zero-order valence-electron chi connectivity index (χ0n) is 15.5. The summed E-state index contributed by atoms with van der Waals surface area (Å²) in [6.45, 7) is 0.372. The number of rotatable bonds is 6. The van der Waals surface area contributed by atoms with Crippen molar-refractivity contribution in [3.8, 4) is 5.75 Å². The Kier molecular flexibility index (Phi) is 6.95. The predicted octanol–water partition coefficient (Wildman–Crippen LogP) is 4.95. The lowest BCUT2D eigenvalue weighted by molar-refractivity contribution is -0.384. The number of halogens is 1. The van der Waals surface area contributed by atoms with Crippen LogP contribution in [0.15, 0.2) is 72.8 Å². The molecular weight excluding hydrogens is 426 g/mol. The molecule has 9 heteroatoms. The second-order valence-corrected chi connectivity index (χ2v) is 6.95. The molecule has 0 unspecified atom stereocenters. The molecule has 0 saturated heterocycles. The van der Waals surface area contributed by atoms with E-state index in [2.05, 4.69) is 10.6 Å². The summed E-state index contributed by atoms with van der Waals surface area (Å²) in [4.78, 5) is 22.9. The number of non-ortho nitro benzene ring substituents is 1. The van der Waals surface area contributed by atoms with Crippen molar-refractivity contribution in [2.45, 2.75) is 6.61 Å². The highest BCUT2D eigenvalue weighted by Gasteiger charge is 2.13. The molecule has 0 heterocycles. The van der Waals surface area contributed by atoms with Gasteiger partial charge in [0.25, 0.3) is 11.6 Å². The van der Waals surface area contributed by atoms with E-state index in [-0.39, 0.29) is 21.5 Å². The van der Waals surface area contributed by atoms with Crippen LogP contribution in [0.4, 0.5) is 11.4 Å². The Morgan fingerprint density at radius 2 is 1.83 bits per heavy atom. The fraction of sp³-hybridized carbons (Fsp3) is 0.0476. The van der Waals surface area contributed by atoms with Crippen molar-refractivity contribution >= 4 is 46.2 Å². The fourth-order valence-electron chi connectivity index (χ4n) is 2.52. The van der Waals surface area contributed by atoms with E-state index in [0.29, 0.717) is 17.9 Å². The molecule has 3 rings (SSSR count). The Morgan fingerprint density at radius 3 is 2.57 bits per heavy atom. The zero-order chi connectivity index (χ0) is 21.5. The first-order valence-corrected chi connectivity index (χ1v) is 9.54. The molecule has 0 bridgehead atoms. The molecular formula is C21H16ClN3O4S. The third-order valence-electron chi connectivity index (χ3n) is 3.98. The van der Waals surface area contributed by atoms with Crippen molar-refractivity contribution in [3.05, 3.63) is 99.1 Å². The Balaban J connectivity index is 1.62. The van der Waals surface area contributed by atoms with Crippen molar-refractivity contribution in [2.75, 3.05) is 5.32 Å². The van der Waals surface area contributed by atoms with E-state index < -0.39 is 10.8 Å². The van der Waals surface area contributed by atoms with Crippen LogP contribution in [0.2, 0.25) is 5.02 Å². The van der Waals surface area contributed by atoms with Gasteiger partial charge in [-0.2, -0.15) is 0 Å². The molecule has 0 aromatic heterocycles. The van der Waals surface area contributed by atoms with E-state index in [1.54, 1.807) is 24.3 Å². The number of thiocarbonyl (C=S) groups is 1. The summed E-state index contributed by atoms with van der Waals surface area (Å²) in [7, 11) is 0. The minimum absolute atomic E-state index is 0.0435. The monoisotopic (exact) mass is 441 g/mol. The third-order valence-corrected chi connectivity index (χ3v) is 4.51. The Bertz CT molecular complexity index is 1090. The highest BCUT2D eigenvalue weighted by Crippen LogP contribution is 2.26. The number of nitrogens with zero attached hydrogens (tertiary/aromatic N) is 1. The molecule has 7 nitrogen and oxygen atoms in total. The quantitative estimate of drug-likeness (QED) is 0.319. The van der Waals surface area contributed by atoms with Gasteiger partial charge in [-0.3, -0.25) is 20.2 Å². The molecule has 3 aromatic rings. The van der Waals surface area contributed by atoms with E-state index >= 15 is 0 Å². The van der Waals surface area contributed by atoms with Gasteiger partial charge in [0.1, 0.15) is 12.4 Å².